The van der Waals surface area contributed by atoms with Crippen molar-refractivity contribution < 1.29 is 19.0 Å². The number of H-pyrrole nitrogens is 1. The second kappa shape index (κ2) is 6.70. The zero-order chi connectivity index (χ0) is 17.4. The Balaban J connectivity index is 1.50. The van der Waals surface area contributed by atoms with E-state index in [0.717, 1.165) is 50.2 Å². The van der Waals surface area contributed by atoms with Crippen molar-refractivity contribution in [3.8, 4) is 0 Å². The lowest BCUT2D eigenvalue weighted by Gasteiger charge is -2.35. The molecule has 2 saturated heterocycles. The monoisotopic (exact) mass is 349 g/mol. The number of ether oxygens (including phenoxy) is 3. The van der Waals surface area contributed by atoms with Gasteiger partial charge in [-0.1, -0.05) is 0 Å². The van der Waals surface area contributed by atoms with Gasteiger partial charge < -0.3 is 19.1 Å². The maximum Gasteiger partial charge on any atom is 0.274 e. The molecule has 4 heterocycles. The fourth-order valence-corrected chi connectivity index (χ4v) is 4.24. The fourth-order valence-electron chi connectivity index (χ4n) is 4.24. The highest BCUT2D eigenvalue weighted by Crippen LogP contribution is 2.33. The van der Waals surface area contributed by atoms with Crippen LogP contribution in [-0.4, -0.2) is 65.6 Å². The lowest BCUT2D eigenvalue weighted by molar-refractivity contribution is -0.105. The molecule has 0 aromatic carbocycles. The first-order valence-corrected chi connectivity index (χ1v) is 9.31. The number of hydrogen-bond donors (Lipinski definition) is 1. The van der Waals surface area contributed by atoms with Gasteiger partial charge in [-0.15, -0.1) is 0 Å². The van der Waals surface area contributed by atoms with E-state index < -0.39 is 0 Å². The van der Waals surface area contributed by atoms with E-state index >= 15 is 0 Å². The maximum atomic E-state index is 13.1. The zero-order valence-corrected chi connectivity index (χ0v) is 15.0. The molecule has 0 saturated carbocycles. The number of amides is 1. The minimum atomic E-state index is -0.116. The molecule has 1 amide bonds. The Labute approximate surface area is 148 Å². The van der Waals surface area contributed by atoms with Gasteiger partial charge in [0.15, 0.2) is 5.69 Å². The summed E-state index contributed by atoms with van der Waals surface area (Å²) in [5, 5.41) is 7.35. The molecular weight excluding hydrogens is 322 g/mol. The van der Waals surface area contributed by atoms with E-state index in [9.17, 15) is 4.79 Å². The predicted molar refractivity (Wildman–Crippen MR) is 90.5 cm³/mol. The van der Waals surface area contributed by atoms with Crippen LogP contribution in [0.15, 0.2) is 0 Å². The van der Waals surface area contributed by atoms with Gasteiger partial charge in [0.1, 0.15) is 0 Å². The van der Waals surface area contributed by atoms with Crippen molar-refractivity contribution in [1.82, 2.24) is 15.1 Å². The fraction of sp³-hybridized carbons (Fsp3) is 0.778. The highest BCUT2D eigenvalue weighted by molar-refractivity contribution is 5.94. The Morgan fingerprint density at radius 1 is 1.20 bits per heavy atom. The summed E-state index contributed by atoms with van der Waals surface area (Å²) in [6.07, 6.45) is 3.47. The van der Waals surface area contributed by atoms with Gasteiger partial charge in [0.25, 0.3) is 5.91 Å². The Kier molecular flexibility index (Phi) is 4.56. The van der Waals surface area contributed by atoms with Crippen molar-refractivity contribution in [2.45, 2.75) is 57.3 Å². The third-order valence-corrected chi connectivity index (χ3v) is 5.73. The number of nitrogens with zero attached hydrogens (tertiary/aromatic N) is 2. The molecule has 25 heavy (non-hydrogen) atoms. The Morgan fingerprint density at radius 2 is 2.00 bits per heavy atom. The van der Waals surface area contributed by atoms with E-state index in [4.69, 9.17) is 14.2 Å². The van der Waals surface area contributed by atoms with E-state index in [-0.39, 0.29) is 23.7 Å². The zero-order valence-electron chi connectivity index (χ0n) is 15.0. The van der Waals surface area contributed by atoms with Gasteiger partial charge in [0, 0.05) is 38.3 Å². The molecule has 2 fully saturated rings. The van der Waals surface area contributed by atoms with Crippen LogP contribution in [0, 0.1) is 0 Å². The molecule has 0 radical (unpaired) electrons. The van der Waals surface area contributed by atoms with Gasteiger partial charge in [-0.25, -0.2) is 0 Å². The standard InChI is InChI=1S/C18H27N3O4/c1-12-11-14-15(13(2)25-12)19-20-16(14)17(22)21-6-3-18(24-10-7-21)4-8-23-9-5-18/h12-13H,3-11H2,1-2H3,(H,19,20)/t12-,13+/m1/s1. The van der Waals surface area contributed by atoms with Gasteiger partial charge in [0.2, 0.25) is 0 Å². The average molecular weight is 349 g/mol. The van der Waals surface area contributed by atoms with Crippen LogP contribution in [0.2, 0.25) is 0 Å². The summed E-state index contributed by atoms with van der Waals surface area (Å²) in [5.41, 5.74) is 2.39. The Hall–Kier alpha value is -1.44. The predicted octanol–water partition coefficient (Wildman–Crippen LogP) is 1.84. The number of aromatic nitrogens is 2. The second-order valence-corrected chi connectivity index (χ2v) is 7.44. The summed E-state index contributed by atoms with van der Waals surface area (Å²) in [5.74, 6) is 0.00603. The molecule has 7 heteroatoms. The molecule has 1 aromatic rings. The van der Waals surface area contributed by atoms with Crippen molar-refractivity contribution in [3.05, 3.63) is 17.0 Å². The van der Waals surface area contributed by atoms with Gasteiger partial charge in [0.05, 0.1) is 30.1 Å². The van der Waals surface area contributed by atoms with E-state index in [1.807, 2.05) is 18.7 Å². The highest BCUT2D eigenvalue weighted by atomic mass is 16.5. The second-order valence-electron chi connectivity index (χ2n) is 7.44. The first-order valence-electron chi connectivity index (χ1n) is 9.31. The summed E-state index contributed by atoms with van der Waals surface area (Å²) in [4.78, 5) is 15.0. The van der Waals surface area contributed by atoms with Crippen LogP contribution in [0.3, 0.4) is 0 Å². The number of rotatable bonds is 1. The first-order chi connectivity index (χ1) is 12.1. The van der Waals surface area contributed by atoms with Gasteiger partial charge in [-0.2, -0.15) is 5.10 Å². The third kappa shape index (κ3) is 3.20. The maximum absolute atomic E-state index is 13.1. The molecular formula is C18H27N3O4. The third-order valence-electron chi connectivity index (χ3n) is 5.73. The number of carbonyl (C=O) groups is 1. The number of carbonyl (C=O) groups excluding carboxylic acids is 1. The topological polar surface area (TPSA) is 76.7 Å². The molecule has 3 aliphatic heterocycles. The van der Waals surface area contributed by atoms with Crippen LogP contribution in [0.4, 0.5) is 0 Å². The van der Waals surface area contributed by atoms with Crippen LogP contribution >= 0.6 is 0 Å². The van der Waals surface area contributed by atoms with Gasteiger partial charge >= 0.3 is 0 Å². The van der Waals surface area contributed by atoms with E-state index in [2.05, 4.69) is 10.2 Å². The van der Waals surface area contributed by atoms with Crippen molar-refractivity contribution in [2.24, 2.45) is 0 Å². The summed E-state index contributed by atoms with van der Waals surface area (Å²) in [6, 6.07) is 0. The Bertz CT molecular complexity index is 638. The molecule has 3 aliphatic rings. The molecule has 1 spiro atoms. The van der Waals surface area contributed by atoms with Crippen molar-refractivity contribution in [2.75, 3.05) is 32.9 Å². The molecule has 7 nitrogen and oxygen atoms in total. The average Bonchev–Trinajstić information content (AvgIpc) is 2.92. The van der Waals surface area contributed by atoms with Crippen LogP contribution in [0.5, 0.6) is 0 Å². The van der Waals surface area contributed by atoms with Gasteiger partial charge in [-0.3, -0.25) is 9.89 Å². The van der Waals surface area contributed by atoms with Crippen LogP contribution in [-0.2, 0) is 20.6 Å². The van der Waals surface area contributed by atoms with E-state index in [0.29, 0.717) is 25.4 Å². The summed E-state index contributed by atoms with van der Waals surface area (Å²) in [6.45, 7) is 7.43. The number of hydrogen-bond acceptors (Lipinski definition) is 5. The SMILES string of the molecule is C[C@@H]1Cc2c(C(=O)N3CCOC4(CCOCC4)CC3)n[nH]c2[C@H](C)O1. The van der Waals surface area contributed by atoms with Crippen molar-refractivity contribution in [3.63, 3.8) is 0 Å². The molecule has 138 valence electrons. The molecule has 0 unspecified atom stereocenters. The van der Waals surface area contributed by atoms with Crippen LogP contribution < -0.4 is 0 Å². The molecule has 2 atom stereocenters. The first kappa shape index (κ1) is 17.0. The van der Waals surface area contributed by atoms with Crippen molar-refractivity contribution >= 4 is 5.91 Å². The largest absolute Gasteiger partial charge is 0.381 e. The van der Waals surface area contributed by atoms with Crippen LogP contribution in [0.1, 0.15) is 61.0 Å². The molecule has 0 bridgehead atoms. The summed E-state index contributed by atoms with van der Waals surface area (Å²) in [7, 11) is 0. The van der Waals surface area contributed by atoms with Gasteiger partial charge in [-0.05, 0) is 33.1 Å². The summed E-state index contributed by atoms with van der Waals surface area (Å²) < 4.78 is 17.4. The summed E-state index contributed by atoms with van der Waals surface area (Å²) >= 11 is 0. The lowest BCUT2D eigenvalue weighted by Crippen LogP contribution is -2.40. The van der Waals surface area contributed by atoms with Crippen molar-refractivity contribution in [1.29, 1.82) is 0 Å². The molecule has 1 N–H and O–H groups in total. The quantitative estimate of drug-likeness (QED) is 0.837. The smallest absolute Gasteiger partial charge is 0.274 e. The van der Waals surface area contributed by atoms with E-state index in [1.165, 1.54) is 0 Å². The molecule has 0 aliphatic carbocycles. The molecule has 1 aromatic heterocycles. The highest BCUT2D eigenvalue weighted by Gasteiger charge is 2.38. The lowest BCUT2D eigenvalue weighted by atomic mass is 9.90. The minimum Gasteiger partial charge on any atom is -0.381 e. The number of aromatic amines is 1. The van der Waals surface area contributed by atoms with Crippen LogP contribution in [0.25, 0.3) is 0 Å². The normalized spacial score (nSPS) is 29.3. The number of fused-ring (bicyclic) bond motifs is 1. The molecule has 4 rings (SSSR count). The van der Waals surface area contributed by atoms with E-state index in [1.54, 1.807) is 0 Å². The Morgan fingerprint density at radius 3 is 2.80 bits per heavy atom. The minimum absolute atomic E-state index is 0.00603. The number of nitrogens with one attached hydrogen (secondary N) is 1.